The summed E-state index contributed by atoms with van der Waals surface area (Å²) in [7, 11) is 0. The molecule has 3 amide bonds. The summed E-state index contributed by atoms with van der Waals surface area (Å²) in [6.45, 7) is 8.71. The number of aromatic nitrogens is 4. The Bertz CT molecular complexity index is 1380. The SMILES string of the molecule is Cc1ccc2cc1OCCCn1cc(nn1)CCN(C(=O)CCc1c(C)noc1C)CCNC(=O)[C@H]([C@@H](C)O)NC2=O. The summed E-state index contributed by atoms with van der Waals surface area (Å²) in [5, 5.41) is 28.1. The zero-order valence-electron chi connectivity index (χ0n) is 24.6. The smallest absolute Gasteiger partial charge is 0.252 e. The largest absolute Gasteiger partial charge is 0.493 e. The molecule has 42 heavy (non-hydrogen) atoms. The van der Waals surface area contributed by atoms with Gasteiger partial charge in [0, 0.05) is 62.8 Å². The number of carbonyl (C=O) groups excluding carboxylic acids is 3. The lowest BCUT2D eigenvalue weighted by Gasteiger charge is -2.25. The van der Waals surface area contributed by atoms with E-state index in [1.165, 1.54) is 6.92 Å². The number of nitrogens with zero attached hydrogens (tertiary/aromatic N) is 5. The molecule has 2 atom stereocenters. The number of amides is 3. The van der Waals surface area contributed by atoms with Gasteiger partial charge in [0.05, 0.1) is 24.1 Å². The normalized spacial score (nSPS) is 18.0. The summed E-state index contributed by atoms with van der Waals surface area (Å²) >= 11 is 0. The van der Waals surface area contributed by atoms with Crippen LogP contribution in [-0.4, -0.2) is 86.3 Å². The van der Waals surface area contributed by atoms with E-state index >= 15 is 0 Å². The molecule has 0 fully saturated rings. The number of aliphatic hydroxyl groups excluding tert-OH is 1. The van der Waals surface area contributed by atoms with Gasteiger partial charge in [0.1, 0.15) is 17.6 Å². The fourth-order valence-corrected chi connectivity index (χ4v) is 4.78. The lowest BCUT2D eigenvalue weighted by atomic mass is 10.1. The highest BCUT2D eigenvalue weighted by Gasteiger charge is 2.27. The molecular weight excluding hydrogens is 542 g/mol. The molecule has 0 saturated heterocycles. The number of fused-ring (bicyclic) bond motifs is 4. The third-order valence-electron chi connectivity index (χ3n) is 7.32. The second-order valence-corrected chi connectivity index (χ2v) is 10.6. The van der Waals surface area contributed by atoms with Crippen molar-refractivity contribution in [2.75, 3.05) is 26.2 Å². The molecule has 1 aromatic carbocycles. The van der Waals surface area contributed by atoms with Crippen LogP contribution in [-0.2, 0) is 29.0 Å². The molecule has 226 valence electrons. The first-order valence-electron chi connectivity index (χ1n) is 14.2. The van der Waals surface area contributed by atoms with Crippen molar-refractivity contribution in [2.24, 2.45) is 0 Å². The molecule has 4 bridgehead atoms. The number of ether oxygens (including phenoxy) is 1. The van der Waals surface area contributed by atoms with Crippen molar-refractivity contribution in [3.05, 3.63) is 58.2 Å². The van der Waals surface area contributed by atoms with Gasteiger partial charge in [0.15, 0.2) is 0 Å². The van der Waals surface area contributed by atoms with Crippen molar-refractivity contribution in [1.82, 2.24) is 35.7 Å². The number of aliphatic hydroxyl groups is 1. The number of benzene rings is 1. The van der Waals surface area contributed by atoms with Gasteiger partial charge in [-0.1, -0.05) is 16.4 Å². The number of nitrogens with one attached hydrogen (secondary N) is 2. The molecule has 13 nitrogen and oxygen atoms in total. The van der Waals surface area contributed by atoms with Crippen LogP contribution in [0.3, 0.4) is 0 Å². The summed E-state index contributed by atoms with van der Waals surface area (Å²) in [5.74, 6) is 0.0952. The Hall–Kier alpha value is -4.26. The minimum atomic E-state index is -1.19. The van der Waals surface area contributed by atoms with Gasteiger partial charge < -0.3 is 29.9 Å². The second-order valence-electron chi connectivity index (χ2n) is 10.6. The summed E-state index contributed by atoms with van der Waals surface area (Å²) in [6, 6.07) is 3.85. The molecule has 0 unspecified atom stereocenters. The van der Waals surface area contributed by atoms with E-state index in [0.717, 1.165) is 22.5 Å². The lowest BCUT2D eigenvalue weighted by Crippen LogP contribution is -2.53. The maximum atomic E-state index is 13.3. The van der Waals surface area contributed by atoms with E-state index in [4.69, 9.17) is 9.26 Å². The first kappa shape index (κ1) is 30.7. The van der Waals surface area contributed by atoms with Crippen molar-refractivity contribution in [3.8, 4) is 5.75 Å². The van der Waals surface area contributed by atoms with Crippen LogP contribution in [0.5, 0.6) is 5.75 Å². The Labute approximate surface area is 244 Å². The van der Waals surface area contributed by atoms with Crippen LogP contribution in [0.25, 0.3) is 0 Å². The van der Waals surface area contributed by atoms with Crippen LogP contribution < -0.4 is 15.4 Å². The van der Waals surface area contributed by atoms with E-state index in [1.54, 1.807) is 27.8 Å². The molecular formula is C29H39N7O6. The van der Waals surface area contributed by atoms with Gasteiger partial charge in [-0.15, -0.1) is 5.10 Å². The first-order chi connectivity index (χ1) is 20.1. The first-order valence-corrected chi connectivity index (χ1v) is 14.2. The van der Waals surface area contributed by atoms with Crippen LogP contribution in [0.15, 0.2) is 28.9 Å². The summed E-state index contributed by atoms with van der Waals surface area (Å²) in [4.78, 5) is 41.0. The average Bonchev–Trinajstić information content (AvgIpc) is 3.55. The monoisotopic (exact) mass is 581 g/mol. The third kappa shape index (κ3) is 7.93. The highest BCUT2D eigenvalue weighted by atomic mass is 16.5. The van der Waals surface area contributed by atoms with E-state index in [2.05, 4.69) is 26.1 Å². The second kappa shape index (κ2) is 14.1. The third-order valence-corrected chi connectivity index (χ3v) is 7.32. The Morgan fingerprint density at radius 3 is 2.74 bits per heavy atom. The van der Waals surface area contributed by atoms with Gasteiger partial charge in [0.25, 0.3) is 5.91 Å². The van der Waals surface area contributed by atoms with Crippen LogP contribution >= 0.6 is 0 Å². The molecule has 0 saturated carbocycles. The molecule has 0 radical (unpaired) electrons. The summed E-state index contributed by atoms with van der Waals surface area (Å²) < 4.78 is 12.9. The minimum Gasteiger partial charge on any atom is -0.493 e. The molecule has 2 aromatic heterocycles. The van der Waals surface area contributed by atoms with E-state index < -0.39 is 24.0 Å². The molecule has 0 spiro atoms. The average molecular weight is 582 g/mol. The molecule has 1 aliphatic rings. The highest BCUT2D eigenvalue weighted by molar-refractivity contribution is 5.98. The number of carbonyl (C=O) groups is 3. The molecule has 4 rings (SSSR count). The van der Waals surface area contributed by atoms with Crippen LogP contribution in [0.1, 0.15) is 58.4 Å². The predicted molar refractivity (Wildman–Crippen MR) is 152 cm³/mol. The van der Waals surface area contributed by atoms with Gasteiger partial charge in [-0.25, -0.2) is 0 Å². The molecule has 1 aliphatic heterocycles. The maximum absolute atomic E-state index is 13.3. The van der Waals surface area contributed by atoms with Gasteiger partial charge >= 0.3 is 0 Å². The van der Waals surface area contributed by atoms with Gasteiger partial charge in [-0.3, -0.25) is 19.1 Å². The summed E-state index contributed by atoms with van der Waals surface area (Å²) in [6.07, 6.45) is 2.58. The standard InChI is InChI=1S/C29H39N7O6/c1-18-6-7-22-16-25(18)41-15-5-12-36-17-23(32-34-36)10-13-35(26(38)9-8-24-19(2)33-42-21(24)4)14-11-30-29(40)27(20(3)37)31-28(22)39/h6-7,16-17,20,27,37H,5,8-15H2,1-4H3,(H,30,40)(H,31,39)/t20-,27+/m1/s1. The fraction of sp³-hybridized carbons (Fsp3) is 0.517. The van der Waals surface area contributed by atoms with Crippen LogP contribution in [0.4, 0.5) is 0 Å². The lowest BCUT2D eigenvalue weighted by molar-refractivity contribution is -0.132. The Kier molecular flexibility index (Phi) is 10.3. The number of hydrogen-bond donors (Lipinski definition) is 3. The quantitative estimate of drug-likeness (QED) is 0.412. The van der Waals surface area contributed by atoms with Crippen LogP contribution in [0, 0.1) is 20.8 Å². The number of rotatable bonds is 4. The minimum absolute atomic E-state index is 0.0912. The van der Waals surface area contributed by atoms with E-state index in [1.807, 2.05) is 27.0 Å². The Morgan fingerprint density at radius 1 is 1.19 bits per heavy atom. The van der Waals surface area contributed by atoms with Crippen LogP contribution in [0.2, 0.25) is 0 Å². The fourth-order valence-electron chi connectivity index (χ4n) is 4.78. The van der Waals surface area contributed by atoms with Crippen molar-refractivity contribution >= 4 is 17.7 Å². The molecule has 3 heterocycles. The highest BCUT2D eigenvalue weighted by Crippen LogP contribution is 2.20. The van der Waals surface area contributed by atoms with Crippen molar-refractivity contribution in [3.63, 3.8) is 0 Å². The van der Waals surface area contributed by atoms with Crippen molar-refractivity contribution in [1.29, 1.82) is 0 Å². The van der Waals surface area contributed by atoms with Gasteiger partial charge in [0.2, 0.25) is 11.8 Å². The Morgan fingerprint density at radius 2 is 2.00 bits per heavy atom. The van der Waals surface area contributed by atoms with Crippen molar-refractivity contribution < 1.29 is 28.8 Å². The molecule has 3 aromatic rings. The number of hydrogen-bond acceptors (Lipinski definition) is 9. The van der Waals surface area contributed by atoms with E-state index in [0.29, 0.717) is 56.0 Å². The van der Waals surface area contributed by atoms with Crippen molar-refractivity contribution in [2.45, 2.75) is 72.1 Å². The van der Waals surface area contributed by atoms with E-state index in [-0.39, 0.29) is 25.4 Å². The predicted octanol–water partition coefficient (Wildman–Crippen LogP) is 1.27. The number of aryl methyl sites for hydroxylation is 4. The molecule has 3 N–H and O–H groups in total. The Balaban J connectivity index is 1.50. The zero-order chi connectivity index (χ0) is 30.2. The topological polar surface area (TPSA) is 165 Å². The maximum Gasteiger partial charge on any atom is 0.252 e. The van der Waals surface area contributed by atoms with E-state index in [9.17, 15) is 19.5 Å². The van der Waals surface area contributed by atoms with Gasteiger partial charge in [-0.2, -0.15) is 0 Å². The zero-order valence-corrected chi connectivity index (χ0v) is 24.6. The summed E-state index contributed by atoms with van der Waals surface area (Å²) in [5.41, 5.74) is 3.59. The van der Waals surface area contributed by atoms with Gasteiger partial charge in [-0.05, 0) is 51.8 Å². The molecule has 13 heteroatoms. The molecule has 0 aliphatic carbocycles.